The van der Waals surface area contributed by atoms with Crippen LogP contribution < -0.4 is 0 Å². The van der Waals surface area contributed by atoms with Crippen molar-refractivity contribution in [1.82, 2.24) is 15.0 Å². The third-order valence-electron chi connectivity index (χ3n) is 11.7. The summed E-state index contributed by atoms with van der Waals surface area (Å²) in [6.45, 7) is 0. The van der Waals surface area contributed by atoms with Crippen LogP contribution in [0.4, 0.5) is 0 Å². The molecule has 0 amide bonds. The molecule has 0 unspecified atom stereocenters. The maximum absolute atomic E-state index is 5.73. The van der Waals surface area contributed by atoms with Crippen molar-refractivity contribution in [2.75, 3.05) is 0 Å². The average molecular weight is 672 g/mol. The molecule has 244 valence electrons. The second kappa shape index (κ2) is 10.5. The Morgan fingerprint density at radius 3 is 1.94 bits per heavy atom. The lowest BCUT2D eigenvalue weighted by atomic mass is 9.70. The van der Waals surface area contributed by atoms with Gasteiger partial charge in [-0.2, -0.15) is 0 Å². The van der Waals surface area contributed by atoms with Crippen molar-refractivity contribution in [3.63, 3.8) is 0 Å². The molecule has 3 aromatic heterocycles. The van der Waals surface area contributed by atoms with Gasteiger partial charge in [0.25, 0.3) is 0 Å². The van der Waals surface area contributed by atoms with Gasteiger partial charge in [0.15, 0.2) is 0 Å². The number of nitrogens with zero attached hydrogens (tertiary/aromatic N) is 3. The van der Waals surface area contributed by atoms with E-state index in [1.54, 1.807) is 0 Å². The lowest BCUT2D eigenvalue weighted by Gasteiger charge is -2.31. The summed E-state index contributed by atoms with van der Waals surface area (Å²) in [5.74, 6) is 0. The molecule has 0 saturated heterocycles. The SMILES string of the molecule is c1ccc2c(c1)-c1ccccc1C21c2cc3cccc(-c4ccc5ccccc5n4)c3nc2-c2c1cc(-c1ccc3ccccc3c1)c1cccnc21. The molecule has 0 bridgehead atoms. The summed E-state index contributed by atoms with van der Waals surface area (Å²) in [5, 5.41) is 5.79. The van der Waals surface area contributed by atoms with E-state index >= 15 is 0 Å². The minimum absolute atomic E-state index is 0.576. The van der Waals surface area contributed by atoms with Crippen LogP contribution in [0.3, 0.4) is 0 Å². The van der Waals surface area contributed by atoms with Crippen LogP contribution in [0.15, 0.2) is 176 Å². The molecule has 53 heavy (non-hydrogen) atoms. The second-order valence-corrected chi connectivity index (χ2v) is 14.3. The summed E-state index contributed by atoms with van der Waals surface area (Å²) in [5.41, 5.74) is 16.2. The Labute approximate surface area is 305 Å². The van der Waals surface area contributed by atoms with Gasteiger partial charge in [0.05, 0.1) is 33.4 Å². The highest BCUT2D eigenvalue weighted by Gasteiger charge is 2.53. The predicted octanol–water partition coefficient (Wildman–Crippen LogP) is 12.2. The van der Waals surface area contributed by atoms with Gasteiger partial charge >= 0.3 is 0 Å². The summed E-state index contributed by atoms with van der Waals surface area (Å²) in [6, 6.07) is 61.5. The van der Waals surface area contributed by atoms with E-state index in [1.807, 2.05) is 12.3 Å². The Bertz CT molecular complexity index is 3150. The van der Waals surface area contributed by atoms with E-state index in [1.165, 1.54) is 55.3 Å². The van der Waals surface area contributed by atoms with Crippen LogP contribution in [-0.2, 0) is 5.41 Å². The highest BCUT2D eigenvalue weighted by molar-refractivity contribution is 6.11. The van der Waals surface area contributed by atoms with Gasteiger partial charge in [-0.1, -0.05) is 133 Å². The van der Waals surface area contributed by atoms with E-state index in [9.17, 15) is 0 Å². The summed E-state index contributed by atoms with van der Waals surface area (Å²) < 4.78 is 0. The minimum Gasteiger partial charge on any atom is -0.256 e. The monoisotopic (exact) mass is 671 g/mol. The topological polar surface area (TPSA) is 38.7 Å². The normalized spacial score (nSPS) is 13.4. The Morgan fingerprint density at radius 2 is 1.09 bits per heavy atom. The number of benzene rings is 7. The predicted molar refractivity (Wildman–Crippen MR) is 217 cm³/mol. The number of pyridine rings is 3. The maximum Gasteiger partial charge on any atom is 0.0805 e. The van der Waals surface area contributed by atoms with Crippen molar-refractivity contribution in [3.05, 3.63) is 198 Å². The fourth-order valence-corrected chi connectivity index (χ4v) is 9.43. The number of hydrogen-bond acceptors (Lipinski definition) is 3. The number of rotatable bonds is 2. The molecule has 3 heteroatoms. The lowest BCUT2D eigenvalue weighted by molar-refractivity contribution is 0.794. The number of fused-ring (bicyclic) bond motifs is 15. The third-order valence-corrected chi connectivity index (χ3v) is 11.7. The Kier molecular flexibility index (Phi) is 5.70. The summed E-state index contributed by atoms with van der Waals surface area (Å²) >= 11 is 0. The van der Waals surface area contributed by atoms with Gasteiger partial charge in [-0.15, -0.1) is 0 Å². The molecule has 7 aromatic carbocycles. The van der Waals surface area contributed by atoms with Crippen LogP contribution in [0.25, 0.3) is 88.2 Å². The Balaban J connectivity index is 1.23. The van der Waals surface area contributed by atoms with E-state index in [0.717, 1.165) is 55.2 Å². The average Bonchev–Trinajstić information content (AvgIpc) is 3.69. The standard InChI is InChI=1S/C50H29N3/c1-2-13-32-27-33(23-22-30(32)11-1)39-29-42-46(48-37(39)18-10-26-51-48)49-43(50(42)40-19-6-4-15-35(40)36-16-5-7-20-41(36)50)28-34-14-9-17-38(47(34)53-49)45-25-24-31-12-3-8-21-44(31)52-45/h1-29H. The van der Waals surface area contributed by atoms with E-state index in [-0.39, 0.29) is 0 Å². The molecule has 0 saturated carbocycles. The zero-order valence-corrected chi connectivity index (χ0v) is 28.6. The van der Waals surface area contributed by atoms with Crippen molar-refractivity contribution < 1.29 is 0 Å². The van der Waals surface area contributed by atoms with Gasteiger partial charge in [0, 0.05) is 33.5 Å². The Morgan fingerprint density at radius 1 is 0.396 bits per heavy atom. The van der Waals surface area contributed by atoms with E-state index in [0.29, 0.717) is 0 Å². The first-order valence-electron chi connectivity index (χ1n) is 18.2. The molecular weight excluding hydrogens is 643 g/mol. The van der Waals surface area contributed by atoms with Crippen LogP contribution in [0.5, 0.6) is 0 Å². The van der Waals surface area contributed by atoms with Gasteiger partial charge in [0.2, 0.25) is 0 Å². The van der Waals surface area contributed by atoms with Crippen LogP contribution in [-0.4, -0.2) is 15.0 Å². The molecular formula is C50H29N3. The van der Waals surface area contributed by atoms with Crippen LogP contribution in [0.1, 0.15) is 22.3 Å². The van der Waals surface area contributed by atoms with Gasteiger partial charge < -0.3 is 0 Å². The van der Waals surface area contributed by atoms with Crippen LogP contribution in [0.2, 0.25) is 0 Å². The molecule has 0 atom stereocenters. The van der Waals surface area contributed by atoms with Crippen molar-refractivity contribution in [3.8, 4) is 44.8 Å². The molecule has 3 heterocycles. The van der Waals surface area contributed by atoms with Gasteiger partial charge in [-0.05, 0) is 91.7 Å². The number of hydrogen-bond donors (Lipinski definition) is 0. The smallest absolute Gasteiger partial charge is 0.0805 e. The minimum atomic E-state index is -0.576. The van der Waals surface area contributed by atoms with Gasteiger partial charge in [0.1, 0.15) is 0 Å². The quantitative estimate of drug-likeness (QED) is 0.184. The lowest BCUT2D eigenvalue weighted by Crippen LogP contribution is -2.26. The largest absolute Gasteiger partial charge is 0.256 e. The molecule has 0 fully saturated rings. The molecule has 12 rings (SSSR count). The first-order valence-corrected chi connectivity index (χ1v) is 18.2. The van der Waals surface area contributed by atoms with E-state index in [2.05, 4.69) is 164 Å². The van der Waals surface area contributed by atoms with Gasteiger partial charge in [-0.25, -0.2) is 9.97 Å². The number of aromatic nitrogens is 3. The van der Waals surface area contributed by atoms with Crippen molar-refractivity contribution in [1.29, 1.82) is 0 Å². The zero-order chi connectivity index (χ0) is 34.7. The van der Waals surface area contributed by atoms with E-state index in [4.69, 9.17) is 15.0 Å². The van der Waals surface area contributed by atoms with Crippen molar-refractivity contribution >= 4 is 43.5 Å². The highest BCUT2D eigenvalue weighted by atomic mass is 14.8. The first-order chi connectivity index (χ1) is 26.3. The van der Waals surface area contributed by atoms with Crippen molar-refractivity contribution in [2.45, 2.75) is 5.41 Å². The fraction of sp³-hybridized carbons (Fsp3) is 0.0200. The molecule has 0 radical (unpaired) electrons. The highest BCUT2D eigenvalue weighted by Crippen LogP contribution is 2.64. The summed E-state index contributed by atoms with van der Waals surface area (Å²) in [4.78, 5) is 16.1. The number of para-hydroxylation sites is 2. The second-order valence-electron chi connectivity index (χ2n) is 14.3. The summed E-state index contributed by atoms with van der Waals surface area (Å²) in [6.07, 6.45) is 1.93. The molecule has 2 aliphatic carbocycles. The van der Waals surface area contributed by atoms with E-state index < -0.39 is 5.41 Å². The zero-order valence-electron chi connectivity index (χ0n) is 28.6. The molecule has 10 aromatic rings. The molecule has 1 spiro atoms. The third kappa shape index (κ3) is 3.80. The van der Waals surface area contributed by atoms with Crippen LogP contribution in [0, 0.1) is 0 Å². The Hall–Kier alpha value is -6.97. The molecule has 3 nitrogen and oxygen atoms in total. The molecule has 2 aliphatic rings. The summed E-state index contributed by atoms with van der Waals surface area (Å²) in [7, 11) is 0. The van der Waals surface area contributed by atoms with Gasteiger partial charge in [-0.3, -0.25) is 4.98 Å². The molecule has 0 N–H and O–H groups in total. The maximum atomic E-state index is 5.73. The van der Waals surface area contributed by atoms with Crippen LogP contribution >= 0.6 is 0 Å². The molecule has 0 aliphatic heterocycles. The van der Waals surface area contributed by atoms with Crippen molar-refractivity contribution in [2.24, 2.45) is 0 Å². The first kappa shape index (κ1) is 28.7. The fourth-order valence-electron chi connectivity index (χ4n) is 9.43.